The maximum absolute atomic E-state index is 2.55. The Bertz CT molecular complexity index is 339. The van der Waals surface area contributed by atoms with E-state index in [1.165, 1.54) is 122 Å². The van der Waals surface area contributed by atoms with E-state index in [1.54, 1.807) is 0 Å². The van der Waals surface area contributed by atoms with Crippen LogP contribution in [0, 0.1) is 0 Å². The normalized spacial score (nSPS) is 16.6. The van der Waals surface area contributed by atoms with Gasteiger partial charge < -0.3 is 9.80 Å². The lowest BCUT2D eigenvalue weighted by Gasteiger charge is -2.30. The topological polar surface area (TPSA) is 6.48 Å². The SMILES string of the molecule is CCCCCCCCCCCCCCCCCC1N(C)C=CN1CCCC. The van der Waals surface area contributed by atoms with Gasteiger partial charge in [0.25, 0.3) is 0 Å². The molecule has 2 nitrogen and oxygen atoms in total. The van der Waals surface area contributed by atoms with Crippen molar-refractivity contribution in [3.8, 4) is 0 Å². The molecule has 0 spiro atoms. The van der Waals surface area contributed by atoms with E-state index in [1.807, 2.05) is 0 Å². The Morgan fingerprint density at radius 1 is 0.556 bits per heavy atom. The molecule has 0 aliphatic carbocycles. The van der Waals surface area contributed by atoms with E-state index in [2.05, 4.69) is 43.1 Å². The van der Waals surface area contributed by atoms with Crippen LogP contribution in [0.15, 0.2) is 12.4 Å². The Balaban J connectivity index is 1.84. The molecule has 0 amide bonds. The predicted molar refractivity (Wildman–Crippen MR) is 122 cm³/mol. The first-order valence-electron chi connectivity index (χ1n) is 12.5. The van der Waals surface area contributed by atoms with Crippen LogP contribution >= 0.6 is 0 Å². The molecule has 0 saturated heterocycles. The van der Waals surface area contributed by atoms with E-state index >= 15 is 0 Å². The van der Waals surface area contributed by atoms with Gasteiger partial charge in [-0.3, -0.25) is 0 Å². The van der Waals surface area contributed by atoms with E-state index < -0.39 is 0 Å². The van der Waals surface area contributed by atoms with Crippen molar-refractivity contribution in [1.82, 2.24) is 9.80 Å². The van der Waals surface area contributed by atoms with Crippen LogP contribution in [0.5, 0.6) is 0 Å². The molecule has 0 aromatic carbocycles. The minimum Gasteiger partial charge on any atom is -0.359 e. The molecule has 1 aliphatic rings. The van der Waals surface area contributed by atoms with Crippen LogP contribution < -0.4 is 0 Å². The summed E-state index contributed by atoms with van der Waals surface area (Å²) >= 11 is 0. The van der Waals surface area contributed by atoms with E-state index in [-0.39, 0.29) is 0 Å². The standard InChI is InChI=1S/C25H50N2/c1-4-6-8-9-10-11-12-13-14-15-16-17-18-19-20-21-25-26(3)23-24-27(25)22-7-5-2/h23-25H,4-22H2,1-3H3. The van der Waals surface area contributed by atoms with Gasteiger partial charge in [0.15, 0.2) is 0 Å². The van der Waals surface area contributed by atoms with Crippen LogP contribution in [0.4, 0.5) is 0 Å². The fraction of sp³-hybridized carbons (Fsp3) is 0.920. The third-order valence-electron chi connectivity index (χ3n) is 6.18. The first-order valence-corrected chi connectivity index (χ1v) is 12.5. The molecule has 0 aromatic rings. The van der Waals surface area contributed by atoms with Crippen LogP contribution in [0.3, 0.4) is 0 Å². The van der Waals surface area contributed by atoms with Crippen molar-refractivity contribution < 1.29 is 0 Å². The molecule has 2 heteroatoms. The van der Waals surface area contributed by atoms with Gasteiger partial charge in [-0.2, -0.15) is 0 Å². The second-order valence-corrected chi connectivity index (χ2v) is 8.77. The van der Waals surface area contributed by atoms with E-state index in [9.17, 15) is 0 Å². The second-order valence-electron chi connectivity index (χ2n) is 8.77. The first-order chi connectivity index (χ1) is 13.3. The number of hydrogen-bond donors (Lipinski definition) is 0. The van der Waals surface area contributed by atoms with Crippen molar-refractivity contribution in [3.05, 3.63) is 12.4 Å². The van der Waals surface area contributed by atoms with Crippen molar-refractivity contribution >= 4 is 0 Å². The van der Waals surface area contributed by atoms with E-state index in [0.29, 0.717) is 6.17 Å². The lowest BCUT2D eigenvalue weighted by Crippen LogP contribution is -2.36. The highest BCUT2D eigenvalue weighted by Gasteiger charge is 2.21. The highest BCUT2D eigenvalue weighted by molar-refractivity contribution is 4.95. The maximum atomic E-state index is 2.55. The summed E-state index contributed by atoms with van der Waals surface area (Å²) in [6.07, 6.45) is 30.8. The molecule has 0 bridgehead atoms. The van der Waals surface area contributed by atoms with Crippen LogP contribution in [0.2, 0.25) is 0 Å². The van der Waals surface area contributed by atoms with Crippen LogP contribution in [-0.4, -0.2) is 29.6 Å². The highest BCUT2D eigenvalue weighted by atomic mass is 15.4. The molecule has 0 N–H and O–H groups in total. The molecule has 1 heterocycles. The zero-order valence-electron chi connectivity index (χ0n) is 19.1. The van der Waals surface area contributed by atoms with Gasteiger partial charge >= 0.3 is 0 Å². The largest absolute Gasteiger partial charge is 0.359 e. The van der Waals surface area contributed by atoms with Gasteiger partial charge in [-0.15, -0.1) is 0 Å². The average Bonchev–Trinajstić information content (AvgIpc) is 3.03. The Morgan fingerprint density at radius 2 is 1.00 bits per heavy atom. The maximum Gasteiger partial charge on any atom is 0.100 e. The summed E-state index contributed by atoms with van der Waals surface area (Å²) < 4.78 is 0. The molecule has 0 radical (unpaired) electrons. The smallest absolute Gasteiger partial charge is 0.100 e. The first kappa shape index (κ1) is 24.4. The molecule has 0 fully saturated rings. The minimum absolute atomic E-state index is 0.624. The lowest BCUT2D eigenvalue weighted by molar-refractivity contribution is 0.160. The Morgan fingerprint density at radius 3 is 1.48 bits per heavy atom. The monoisotopic (exact) mass is 378 g/mol. The van der Waals surface area contributed by atoms with Crippen LogP contribution in [-0.2, 0) is 0 Å². The quantitative estimate of drug-likeness (QED) is 0.209. The lowest BCUT2D eigenvalue weighted by atomic mass is 10.0. The minimum atomic E-state index is 0.624. The highest BCUT2D eigenvalue weighted by Crippen LogP contribution is 2.21. The van der Waals surface area contributed by atoms with Gasteiger partial charge in [-0.1, -0.05) is 110 Å². The van der Waals surface area contributed by atoms with Crippen molar-refractivity contribution in [2.24, 2.45) is 0 Å². The Kier molecular flexibility index (Phi) is 15.7. The van der Waals surface area contributed by atoms with E-state index in [0.717, 1.165) is 0 Å². The van der Waals surface area contributed by atoms with E-state index in [4.69, 9.17) is 0 Å². The molecule has 160 valence electrons. The number of hydrogen-bond acceptors (Lipinski definition) is 2. The molecule has 1 rings (SSSR count). The van der Waals surface area contributed by atoms with Gasteiger partial charge in [-0.25, -0.2) is 0 Å². The molecule has 1 aliphatic heterocycles. The third-order valence-corrected chi connectivity index (χ3v) is 6.18. The van der Waals surface area contributed by atoms with Gasteiger partial charge in [0.2, 0.25) is 0 Å². The summed E-state index contributed by atoms with van der Waals surface area (Å²) in [6.45, 7) is 5.81. The molecule has 1 unspecified atom stereocenters. The van der Waals surface area contributed by atoms with Gasteiger partial charge in [0, 0.05) is 26.0 Å². The predicted octanol–water partition coefficient (Wildman–Crippen LogP) is 8.09. The summed E-state index contributed by atoms with van der Waals surface area (Å²) in [6, 6.07) is 0. The molecule has 0 saturated carbocycles. The van der Waals surface area contributed by atoms with Crippen LogP contribution in [0.1, 0.15) is 129 Å². The Labute approximate surface area is 171 Å². The zero-order chi connectivity index (χ0) is 19.6. The van der Waals surface area contributed by atoms with Gasteiger partial charge in [-0.05, 0) is 19.3 Å². The summed E-state index contributed by atoms with van der Waals surface area (Å²) in [4.78, 5) is 4.95. The van der Waals surface area contributed by atoms with Crippen molar-refractivity contribution in [2.45, 2.75) is 136 Å². The fourth-order valence-corrected chi connectivity index (χ4v) is 4.26. The summed E-state index contributed by atoms with van der Waals surface area (Å²) in [7, 11) is 2.23. The molecule has 27 heavy (non-hydrogen) atoms. The van der Waals surface area contributed by atoms with Crippen molar-refractivity contribution in [3.63, 3.8) is 0 Å². The van der Waals surface area contributed by atoms with Crippen LogP contribution in [0.25, 0.3) is 0 Å². The zero-order valence-corrected chi connectivity index (χ0v) is 19.1. The number of rotatable bonds is 19. The fourth-order valence-electron chi connectivity index (χ4n) is 4.26. The summed E-state index contributed by atoms with van der Waals surface area (Å²) in [5, 5.41) is 0. The summed E-state index contributed by atoms with van der Waals surface area (Å²) in [5.74, 6) is 0. The number of nitrogens with zero attached hydrogens (tertiary/aromatic N) is 2. The molecular weight excluding hydrogens is 328 g/mol. The molecular formula is C25H50N2. The Hall–Kier alpha value is -0.660. The molecule has 1 atom stereocenters. The van der Waals surface area contributed by atoms with Gasteiger partial charge in [0.05, 0.1) is 0 Å². The number of unbranched alkanes of at least 4 members (excludes halogenated alkanes) is 15. The third kappa shape index (κ3) is 12.4. The van der Waals surface area contributed by atoms with Gasteiger partial charge in [0.1, 0.15) is 6.17 Å². The van der Waals surface area contributed by atoms with Crippen molar-refractivity contribution in [2.75, 3.05) is 13.6 Å². The van der Waals surface area contributed by atoms with Crippen molar-refractivity contribution in [1.29, 1.82) is 0 Å². The molecule has 0 aromatic heterocycles. The summed E-state index contributed by atoms with van der Waals surface area (Å²) in [5.41, 5.74) is 0. The second kappa shape index (κ2) is 17.4. The average molecular weight is 379 g/mol.